The zero-order chi connectivity index (χ0) is 23.1. The van der Waals surface area contributed by atoms with Crippen LogP contribution >= 0.6 is 0 Å². The number of amides is 2. The van der Waals surface area contributed by atoms with Crippen LogP contribution in [0.25, 0.3) is 10.9 Å². The summed E-state index contributed by atoms with van der Waals surface area (Å²) in [5, 5.41) is 12.0. The monoisotopic (exact) mass is 439 g/mol. The second-order valence-electron chi connectivity index (χ2n) is 7.64. The Morgan fingerprint density at radius 2 is 1.94 bits per heavy atom. The molecule has 2 heterocycles. The van der Waals surface area contributed by atoms with Crippen molar-refractivity contribution in [2.45, 2.75) is 32.5 Å². The molecule has 1 aliphatic heterocycles. The van der Waals surface area contributed by atoms with E-state index in [2.05, 4.69) is 10.3 Å². The Labute approximate surface area is 174 Å². The highest BCUT2D eigenvalue weighted by molar-refractivity contribution is 6.08. The molecule has 166 valence electrons. The number of aromatic carboxylic acids is 1. The lowest BCUT2D eigenvalue weighted by atomic mass is 9.99. The van der Waals surface area contributed by atoms with Gasteiger partial charge >= 0.3 is 12.1 Å². The number of aromatic amines is 1. The van der Waals surface area contributed by atoms with E-state index in [1.807, 2.05) is 0 Å². The standard InChI is InChI=1S/C20H20F3N3O5/c1-9(2)14(17(28)20(21,22)23)24-13(27)8-26-7-6-11-10-4-3-5-12(19(30)31)15(10)25-16(11)18(26)29/h3-5,9,14,25H,6-8H2,1-2H3,(H,24,27)(H,30,31). The summed E-state index contributed by atoms with van der Waals surface area (Å²) in [6.07, 6.45) is -4.77. The van der Waals surface area contributed by atoms with Gasteiger partial charge in [-0.3, -0.25) is 14.4 Å². The van der Waals surface area contributed by atoms with Crippen molar-refractivity contribution < 1.29 is 37.5 Å². The summed E-state index contributed by atoms with van der Waals surface area (Å²) in [4.78, 5) is 52.1. The molecule has 8 nitrogen and oxygen atoms in total. The number of nitrogens with zero attached hydrogens (tertiary/aromatic N) is 1. The maximum atomic E-state index is 12.8. The molecule has 1 aromatic carbocycles. The number of aromatic nitrogens is 1. The Balaban J connectivity index is 1.79. The van der Waals surface area contributed by atoms with Crippen molar-refractivity contribution >= 4 is 34.5 Å². The molecule has 0 saturated carbocycles. The van der Waals surface area contributed by atoms with Crippen molar-refractivity contribution in [1.29, 1.82) is 0 Å². The molecule has 0 spiro atoms. The minimum atomic E-state index is -5.09. The van der Waals surface area contributed by atoms with Crippen molar-refractivity contribution in [3.8, 4) is 0 Å². The van der Waals surface area contributed by atoms with Gasteiger partial charge in [-0.2, -0.15) is 13.2 Å². The van der Waals surface area contributed by atoms with E-state index in [9.17, 15) is 37.5 Å². The predicted molar refractivity (Wildman–Crippen MR) is 103 cm³/mol. The van der Waals surface area contributed by atoms with Crippen molar-refractivity contribution in [2.24, 2.45) is 5.92 Å². The summed E-state index contributed by atoms with van der Waals surface area (Å²) in [6.45, 7) is 2.33. The largest absolute Gasteiger partial charge is 0.478 e. The van der Waals surface area contributed by atoms with Gasteiger partial charge in [0.25, 0.3) is 11.7 Å². The number of halogens is 3. The minimum absolute atomic E-state index is 0.00516. The molecule has 1 aromatic heterocycles. The van der Waals surface area contributed by atoms with Crippen LogP contribution in [-0.2, 0) is 16.0 Å². The first-order valence-electron chi connectivity index (χ1n) is 9.48. The number of alkyl halides is 3. The molecule has 1 unspecified atom stereocenters. The van der Waals surface area contributed by atoms with E-state index in [-0.39, 0.29) is 23.3 Å². The number of para-hydroxylation sites is 1. The third kappa shape index (κ3) is 4.25. The minimum Gasteiger partial charge on any atom is -0.478 e. The molecule has 0 saturated heterocycles. The smallest absolute Gasteiger partial charge is 0.452 e. The van der Waals surface area contributed by atoms with Gasteiger partial charge in [0, 0.05) is 11.9 Å². The highest BCUT2D eigenvalue weighted by atomic mass is 19.4. The second kappa shape index (κ2) is 8.05. The average molecular weight is 439 g/mol. The Bertz CT molecular complexity index is 1070. The van der Waals surface area contributed by atoms with Gasteiger partial charge in [0.05, 0.1) is 23.7 Å². The van der Waals surface area contributed by atoms with E-state index in [0.717, 1.165) is 4.90 Å². The molecule has 11 heteroatoms. The molecule has 1 aliphatic rings. The van der Waals surface area contributed by atoms with Gasteiger partial charge < -0.3 is 20.3 Å². The summed E-state index contributed by atoms with van der Waals surface area (Å²) < 4.78 is 38.3. The lowest BCUT2D eigenvalue weighted by Gasteiger charge is -2.28. The number of hydrogen-bond acceptors (Lipinski definition) is 4. The molecule has 2 amide bonds. The molecular formula is C20H20F3N3O5. The first-order chi connectivity index (χ1) is 14.4. The molecule has 31 heavy (non-hydrogen) atoms. The van der Waals surface area contributed by atoms with Crippen molar-refractivity contribution in [2.75, 3.05) is 13.1 Å². The number of rotatable bonds is 6. The fourth-order valence-electron chi connectivity index (χ4n) is 3.66. The van der Waals surface area contributed by atoms with Crippen molar-refractivity contribution in [3.63, 3.8) is 0 Å². The molecule has 3 rings (SSSR count). The molecule has 0 bridgehead atoms. The first-order valence-corrected chi connectivity index (χ1v) is 9.48. The third-order valence-corrected chi connectivity index (χ3v) is 5.18. The first kappa shape index (κ1) is 22.3. The number of carboxylic acid groups (broad SMARTS) is 1. The summed E-state index contributed by atoms with van der Waals surface area (Å²) >= 11 is 0. The number of carbonyl (C=O) groups excluding carboxylic acids is 3. The number of Topliss-reactive ketones (excluding diaryl/α,β-unsaturated/α-hetero) is 1. The number of ketones is 1. The Kier molecular flexibility index (Phi) is 5.79. The van der Waals surface area contributed by atoms with E-state index in [4.69, 9.17) is 0 Å². The van der Waals surface area contributed by atoms with E-state index in [1.165, 1.54) is 19.9 Å². The quantitative estimate of drug-likeness (QED) is 0.637. The lowest BCUT2D eigenvalue weighted by molar-refractivity contribution is -0.174. The normalized spacial score (nSPS) is 15.2. The van der Waals surface area contributed by atoms with Crippen molar-refractivity contribution in [3.05, 3.63) is 35.0 Å². The molecule has 0 aliphatic carbocycles. The van der Waals surface area contributed by atoms with E-state index in [1.54, 1.807) is 12.1 Å². The highest BCUT2D eigenvalue weighted by Crippen LogP contribution is 2.29. The van der Waals surface area contributed by atoms with Crippen LogP contribution in [0.5, 0.6) is 0 Å². The molecule has 1 atom stereocenters. The van der Waals surface area contributed by atoms with Crippen LogP contribution in [0.1, 0.15) is 40.3 Å². The highest BCUT2D eigenvalue weighted by Gasteiger charge is 2.45. The number of fused-ring (bicyclic) bond motifs is 3. The number of H-pyrrole nitrogens is 1. The zero-order valence-electron chi connectivity index (χ0n) is 16.7. The number of carbonyl (C=O) groups is 4. The van der Waals surface area contributed by atoms with Crippen LogP contribution in [-0.4, -0.2) is 63.9 Å². The molecule has 0 radical (unpaired) electrons. The zero-order valence-corrected chi connectivity index (χ0v) is 16.7. The second-order valence-corrected chi connectivity index (χ2v) is 7.64. The molecule has 0 fully saturated rings. The number of hydrogen-bond donors (Lipinski definition) is 3. The van der Waals surface area contributed by atoms with Gasteiger partial charge in [0.2, 0.25) is 5.91 Å². The van der Waals surface area contributed by atoms with Crippen LogP contribution in [0.2, 0.25) is 0 Å². The van der Waals surface area contributed by atoms with Crippen LogP contribution in [0.4, 0.5) is 13.2 Å². The topological polar surface area (TPSA) is 120 Å². The lowest BCUT2D eigenvalue weighted by Crippen LogP contribution is -2.53. The Hall–Kier alpha value is -3.37. The molecular weight excluding hydrogens is 419 g/mol. The van der Waals surface area contributed by atoms with E-state index in [0.29, 0.717) is 17.4 Å². The van der Waals surface area contributed by atoms with Crippen LogP contribution < -0.4 is 5.32 Å². The average Bonchev–Trinajstić information content (AvgIpc) is 3.06. The number of carboxylic acids is 1. The SMILES string of the molecule is CC(C)C(NC(=O)CN1CCc2c([nH]c3c(C(=O)O)cccc23)C1=O)C(=O)C(F)(F)F. The van der Waals surface area contributed by atoms with Crippen LogP contribution in [0, 0.1) is 5.92 Å². The summed E-state index contributed by atoms with van der Waals surface area (Å²) in [6, 6.07) is 2.89. The Morgan fingerprint density at radius 1 is 1.26 bits per heavy atom. The van der Waals surface area contributed by atoms with Gasteiger partial charge in [-0.05, 0) is 24.0 Å². The fraction of sp³-hybridized carbons (Fsp3) is 0.400. The van der Waals surface area contributed by atoms with Gasteiger partial charge in [0.1, 0.15) is 5.69 Å². The number of nitrogens with one attached hydrogen (secondary N) is 2. The fourth-order valence-corrected chi connectivity index (χ4v) is 3.66. The van der Waals surface area contributed by atoms with E-state index >= 15 is 0 Å². The number of benzene rings is 1. The summed E-state index contributed by atoms with van der Waals surface area (Å²) in [5.41, 5.74) is 1.03. The van der Waals surface area contributed by atoms with Gasteiger partial charge in [-0.1, -0.05) is 26.0 Å². The Morgan fingerprint density at radius 3 is 2.52 bits per heavy atom. The summed E-state index contributed by atoms with van der Waals surface area (Å²) in [7, 11) is 0. The van der Waals surface area contributed by atoms with E-state index < -0.39 is 48.2 Å². The van der Waals surface area contributed by atoms with Crippen LogP contribution in [0.15, 0.2) is 18.2 Å². The summed E-state index contributed by atoms with van der Waals surface area (Å²) in [5.74, 6) is -5.49. The molecule has 2 aromatic rings. The van der Waals surface area contributed by atoms with Crippen LogP contribution in [0.3, 0.4) is 0 Å². The van der Waals surface area contributed by atoms with Gasteiger partial charge in [-0.25, -0.2) is 4.79 Å². The maximum absolute atomic E-state index is 12.8. The van der Waals surface area contributed by atoms with Gasteiger partial charge in [0.15, 0.2) is 0 Å². The van der Waals surface area contributed by atoms with Crippen molar-refractivity contribution in [1.82, 2.24) is 15.2 Å². The molecule has 3 N–H and O–H groups in total. The van der Waals surface area contributed by atoms with Gasteiger partial charge in [-0.15, -0.1) is 0 Å². The maximum Gasteiger partial charge on any atom is 0.452 e. The third-order valence-electron chi connectivity index (χ3n) is 5.18. The predicted octanol–water partition coefficient (Wildman–Crippen LogP) is 2.14.